The number of benzene rings is 1. The lowest BCUT2D eigenvalue weighted by atomic mass is 10.1. The van der Waals surface area contributed by atoms with Crippen molar-refractivity contribution in [3.8, 4) is 11.5 Å². The Morgan fingerprint density at radius 3 is 2.41 bits per heavy atom. The van der Waals surface area contributed by atoms with E-state index in [1.54, 1.807) is 20.3 Å². The van der Waals surface area contributed by atoms with Gasteiger partial charge in [-0.3, -0.25) is 4.79 Å². The third-order valence-electron chi connectivity index (χ3n) is 4.31. The molecule has 0 radical (unpaired) electrons. The molecule has 2 atom stereocenters. The molecule has 0 aromatic heterocycles. The number of hydrogen-bond acceptors (Lipinski definition) is 4. The monoisotopic (exact) mass is 324 g/mol. The smallest absolute Gasteiger partial charge is 0.309 e. The summed E-state index contributed by atoms with van der Waals surface area (Å²) in [5, 5.41) is 0.629. The van der Waals surface area contributed by atoms with Crippen molar-refractivity contribution in [3.05, 3.63) is 28.8 Å². The number of carbonyl (C=O) groups excluding carboxylic acids is 1. The third-order valence-corrected chi connectivity index (χ3v) is 4.66. The Hall–Kier alpha value is -1.68. The summed E-state index contributed by atoms with van der Waals surface area (Å²) < 4.78 is 15.4. The van der Waals surface area contributed by atoms with Crippen LogP contribution in [0.25, 0.3) is 6.08 Å². The third kappa shape index (κ3) is 2.93. The van der Waals surface area contributed by atoms with Gasteiger partial charge in [0.25, 0.3) is 0 Å². The van der Waals surface area contributed by atoms with E-state index in [9.17, 15) is 4.79 Å². The van der Waals surface area contributed by atoms with Gasteiger partial charge in [0.15, 0.2) is 0 Å². The van der Waals surface area contributed by atoms with Crippen molar-refractivity contribution in [2.75, 3.05) is 21.3 Å². The molecular weight excluding hydrogens is 304 g/mol. The van der Waals surface area contributed by atoms with Crippen LogP contribution in [-0.2, 0) is 9.53 Å². The number of esters is 1. The molecule has 22 heavy (non-hydrogen) atoms. The zero-order valence-corrected chi connectivity index (χ0v) is 14.2. The van der Waals surface area contributed by atoms with Crippen molar-refractivity contribution in [2.24, 2.45) is 17.3 Å². The fraction of sp³-hybridized carbons (Fsp3) is 0.471. The molecule has 1 aliphatic rings. The maximum atomic E-state index is 11.8. The number of halogens is 1. The van der Waals surface area contributed by atoms with Crippen LogP contribution in [0.15, 0.2) is 23.2 Å². The van der Waals surface area contributed by atoms with E-state index in [1.807, 2.05) is 32.1 Å². The average molecular weight is 325 g/mol. The van der Waals surface area contributed by atoms with Gasteiger partial charge in [0.05, 0.1) is 27.2 Å². The Morgan fingerprint density at radius 2 is 1.86 bits per heavy atom. The van der Waals surface area contributed by atoms with Crippen LogP contribution < -0.4 is 9.47 Å². The first-order valence-corrected chi connectivity index (χ1v) is 7.41. The molecule has 0 spiro atoms. The summed E-state index contributed by atoms with van der Waals surface area (Å²) in [6.07, 6.45) is 1.84. The van der Waals surface area contributed by atoms with E-state index < -0.39 is 0 Å². The number of ether oxygens (including phenoxy) is 3. The Bertz CT molecular complexity index is 607. The summed E-state index contributed by atoms with van der Waals surface area (Å²) in [5.41, 5.74) is 0.653. The first kappa shape index (κ1) is 16.7. The molecule has 1 aromatic rings. The quantitative estimate of drug-likeness (QED) is 0.774. The molecule has 2 unspecified atom stereocenters. The summed E-state index contributed by atoms with van der Waals surface area (Å²) in [4.78, 5) is 11.8. The van der Waals surface area contributed by atoms with Crippen molar-refractivity contribution in [1.82, 2.24) is 0 Å². The Labute approximate surface area is 136 Å². The number of rotatable bonds is 5. The molecule has 0 amide bonds. The lowest BCUT2D eigenvalue weighted by Crippen LogP contribution is -2.07. The van der Waals surface area contributed by atoms with Crippen LogP contribution in [0, 0.1) is 17.3 Å². The molecule has 1 aromatic carbocycles. The van der Waals surface area contributed by atoms with E-state index in [4.69, 9.17) is 25.8 Å². The van der Waals surface area contributed by atoms with Gasteiger partial charge in [-0.1, -0.05) is 25.4 Å². The van der Waals surface area contributed by atoms with Crippen molar-refractivity contribution in [2.45, 2.75) is 13.8 Å². The van der Waals surface area contributed by atoms with Gasteiger partial charge in [-0.05, 0) is 23.6 Å². The number of carbonyl (C=O) groups is 1. The molecule has 0 saturated heterocycles. The lowest BCUT2D eigenvalue weighted by Gasteiger charge is -2.08. The second-order valence-electron chi connectivity index (χ2n) is 5.94. The molecule has 0 aliphatic heterocycles. The van der Waals surface area contributed by atoms with E-state index in [-0.39, 0.29) is 23.2 Å². The predicted molar refractivity (Wildman–Crippen MR) is 86.2 cm³/mol. The summed E-state index contributed by atoms with van der Waals surface area (Å²) in [6.45, 7) is 4.03. The van der Waals surface area contributed by atoms with E-state index in [0.29, 0.717) is 16.5 Å². The first-order chi connectivity index (χ1) is 10.4. The zero-order chi connectivity index (χ0) is 16.5. The number of methoxy groups -OCH3 is 3. The van der Waals surface area contributed by atoms with Gasteiger partial charge in [0, 0.05) is 22.6 Å². The van der Waals surface area contributed by atoms with Crippen LogP contribution in [0.4, 0.5) is 0 Å². The van der Waals surface area contributed by atoms with E-state index in [0.717, 1.165) is 5.56 Å². The highest BCUT2D eigenvalue weighted by Gasteiger charge is 2.63. The van der Waals surface area contributed by atoms with Crippen LogP contribution in [0.1, 0.15) is 19.4 Å². The van der Waals surface area contributed by atoms with Crippen molar-refractivity contribution < 1.29 is 19.0 Å². The van der Waals surface area contributed by atoms with Crippen molar-refractivity contribution in [1.29, 1.82) is 0 Å². The van der Waals surface area contributed by atoms with Gasteiger partial charge in [-0.25, -0.2) is 0 Å². The normalized spacial score (nSPS) is 22.9. The second-order valence-corrected chi connectivity index (χ2v) is 6.37. The van der Waals surface area contributed by atoms with Gasteiger partial charge in [-0.15, -0.1) is 0 Å². The molecule has 1 saturated carbocycles. The Morgan fingerprint density at radius 1 is 1.18 bits per heavy atom. The highest BCUT2D eigenvalue weighted by molar-refractivity contribution is 6.32. The van der Waals surface area contributed by atoms with Gasteiger partial charge < -0.3 is 14.2 Å². The Balaban J connectivity index is 2.29. The molecule has 1 fully saturated rings. The van der Waals surface area contributed by atoms with Gasteiger partial charge >= 0.3 is 5.97 Å². The van der Waals surface area contributed by atoms with E-state index >= 15 is 0 Å². The van der Waals surface area contributed by atoms with Crippen LogP contribution in [0.2, 0.25) is 0 Å². The van der Waals surface area contributed by atoms with Gasteiger partial charge in [-0.2, -0.15) is 0 Å². The second kappa shape index (κ2) is 6.21. The van der Waals surface area contributed by atoms with Crippen molar-refractivity contribution >= 4 is 23.6 Å². The molecule has 5 heteroatoms. The Kier molecular flexibility index (Phi) is 4.71. The highest BCUT2D eigenvalue weighted by atomic mass is 35.5. The predicted octanol–water partition coefficient (Wildman–Crippen LogP) is 3.73. The first-order valence-electron chi connectivity index (χ1n) is 7.03. The topological polar surface area (TPSA) is 44.8 Å². The minimum absolute atomic E-state index is 0.0339. The highest BCUT2D eigenvalue weighted by Crippen LogP contribution is 2.63. The number of allylic oxidation sites excluding steroid dienone is 1. The van der Waals surface area contributed by atoms with Gasteiger partial charge in [0.1, 0.15) is 11.5 Å². The molecule has 0 bridgehead atoms. The van der Waals surface area contributed by atoms with Crippen LogP contribution in [0.5, 0.6) is 11.5 Å². The maximum Gasteiger partial charge on any atom is 0.309 e. The zero-order valence-electron chi connectivity index (χ0n) is 13.5. The van der Waals surface area contributed by atoms with E-state index in [1.165, 1.54) is 7.11 Å². The van der Waals surface area contributed by atoms with E-state index in [2.05, 4.69) is 0 Å². The summed E-state index contributed by atoms with van der Waals surface area (Å²) in [7, 11) is 4.60. The lowest BCUT2D eigenvalue weighted by molar-refractivity contribution is -0.143. The molecule has 0 N–H and O–H groups in total. The fourth-order valence-corrected chi connectivity index (χ4v) is 3.42. The standard InChI is InChI=1S/C17H21ClO4/c1-17(2)14(15(17)16(19)22-5)12(18)8-10-6-7-11(20-3)9-13(10)21-4/h6-9,14-15H,1-5H3/b12-8-. The largest absolute Gasteiger partial charge is 0.497 e. The van der Waals surface area contributed by atoms with Gasteiger partial charge in [0.2, 0.25) is 0 Å². The molecule has 0 heterocycles. The summed E-state index contributed by atoms with van der Waals surface area (Å²) in [5.74, 6) is 0.928. The molecule has 1 aliphatic carbocycles. The van der Waals surface area contributed by atoms with Crippen LogP contribution in [-0.4, -0.2) is 27.3 Å². The van der Waals surface area contributed by atoms with Crippen LogP contribution in [0.3, 0.4) is 0 Å². The van der Waals surface area contributed by atoms with Crippen LogP contribution >= 0.6 is 11.6 Å². The molecule has 2 rings (SSSR count). The summed E-state index contributed by atoms with van der Waals surface area (Å²) in [6, 6.07) is 5.52. The SMILES string of the molecule is COC(=O)C1C(/C(Cl)=C/c2ccc(OC)cc2OC)C1(C)C. The minimum Gasteiger partial charge on any atom is -0.497 e. The maximum absolute atomic E-state index is 11.8. The summed E-state index contributed by atoms with van der Waals surface area (Å²) >= 11 is 6.46. The average Bonchev–Trinajstić information content (AvgIpc) is 3.09. The van der Waals surface area contributed by atoms with Crippen molar-refractivity contribution in [3.63, 3.8) is 0 Å². The number of hydrogen-bond donors (Lipinski definition) is 0. The molecule has 120 valence electrons. The fourth-order valence-electron chi connectivity index (χ4n) is 2.90. The molecular formula is C17H21ClO4. The molecule has 4 nitrogen and oxygen atoms in total. The minimum atomic E-state index is -0.219.